The standard InChI is InChI=1S/C23H27NO4/c1-26-20-13-12-18(14-21(20)28-19-10-6-3-7-11-19)23(16-24-22(25)15-27-23)17-8-4-2-5-9-17/h2,4-5,8-9,12-14,19H,3,6-7,10-11,15-16H2,1H3,(H,24,25). The first-order chi connectivity index (χ1) is 13.7. The van der Waals surface area contributed by atoms with E-state index in [4.69, 9.17) is 14.2 Å². The van der Waals surface area contributed by atoms with Gasteiger partial charge in [0, 0.05) is 0 Å². The molecule has 28 heavy (non-hydrogen) atoms. The molecule has 1 amide bonds. The van der Waals surface area contributed by atoms with Gasteiger partial charge in [-0.1, -0.05) is 42.8 Å². The average Bonchev–Trinajstić information content (AvgIpc) is 2.76. The summed E-state index contributed by atoms with van der Waals surface area (Å²) in [6.07, 6.45) is 6.05. The highest BCUT2D eigenvalue weighted by atomic mass is 16.5. The molecular formula is C23H27NO4. The van der Waals surface area contributed by atoms with E-state index in [-0.39, 0.29) is 18.6 Å². The third kappa shape index (κ3) is 3.72. The SMILES string of the molecule is COc1ccc(C2(c3ccccc3)CNC(=O)CO2)cc1OC1CCCCC1. The molecule has 1 heterocycles. The van der Waals surface area contributed by atoms with E-state index in [1.54, 1.807) is 7.11 Å². The first kappa shape index (κ1) is 18.8. The molecule has 0 radical (unpaired) electrons. The molecule has 2 aliphatic rings. The van der Waals surface area contributed by atoms with Gasteiger partial charge in [-0.3, -0.25) is 4.79 Å². The highest BCUT2D eigenvalue weighted by molar-refractivity contribution is 5.78. The van der Waals surface area contributed by atoms with E-state index in [0.717, 1.165) is 35.5 Å². The van der Waals surface area contributed by atoms with Crippen molar-refractivity contribution in [2.75, 3.05) is 20.3 Å². The van der Waals surface area contributed by atoms with Gasteiger partial charge < -0.3 is 19.5 Å². The summed E-state index contributed by atoms with van der Waals surface area (Å²) < 4.78 is 18.1. The molecule has 1 aliphatic heterocycles. The number of ether oxygens (including phenoxy) is 3. The maximum Gasteiger partial charge on any atom is 0.246 e. The Hall–Kier alpha value is -2.53. The van der Waals surface area contributed by atoms with Crippen LogP contribution in [0.5, 0.6) is 11.5 Å². The van der Waals surface area contributed by atoms with Crippen molar-refractivity contribution in [2.24, 2.45) is 0 Å². The molecule has 1 saturated carbocycles. The Balaban J connectivity index is 1.72. The van der Waals surface area contributed by atoms with E-state index in [1.807, 2.05) is 48.5 Å². The number of benzene rings is 2. The van der Waals surface area contributed by atoms with Crippen molar-refractivity contribution in [1.29, 1.82) is 0 Å². The second-order valence-corrected chi connectivity index (χ2v) is 7.50. The molecule has 5 nitrogen and oxygen atoms in total. The lowest BCUT2D eigenvalue weighted by Gasteiger charge is -2.38. The van der Waals surface area contributed by atoms with Gasteiger partial charge in [-0.25, -0.2) is 0 Å². The Bertz CT molecular complexity index is 805. The number of methoxy groups -OCH3 is 1. The lowest BCUT2D eigenvalue weighted by molar-refractivity contribution is -0.140. The van der Waals surface area contributed by atoms with E-state index in [1.165, 1.54) is 19.3 Å². The number of morpholine rings is 1. The molecule has 2 fully saturated rings. The average molecular weight is 381 g/mol. The first-order valence-corrected chi connectivity index (χ1v) is 10.0. The lowest BCUT2D eigenvalue weighted by Crippen LogP contribution is -2.51. The minimum atomic E-state index is -0.744. The number of amides is 1. The zero-order chi connectivity index (χ0) is 19.4. The highest BCUT2D eigenvalue weighted by Gasteiger charge is 2.40. The Morgan fingerprint density at radius 3 is 2.46 bits per heavy atom. The minimum absolute atomic E-state index is 0.0275. The van der Waals surface area contributed by atoms with Gasteiger partial charge in [0.05, 0.1) is 19.8 Å². The van der Waals surface area contributed by atoms with Gasteiger partial charge in [0.25, 0.3) is 0 Å². The summed E-state index contributed by atoms with van der Waals surface area (Å²) in [7, 11) is 1.66. The van der Waals surface area contributed by atoms with Crippen molar-refractivity contribution >= 4 is 5.91 Å². The van der Waals surface area contributed by atoms with Crippen molar-refractivity contribution < 1.29 is 19.0 Å². The Morgan fingerprint density at radius 1 is 1.00 bits per heavy atom. The summed E-state index contributed by atoms with van der Waals surface area (Å²) >= 11 is 0. The fraction of sp³-hybridized carbons (Fsp3) is 0.435. The molecule has 148 valence electrons. The number of nitrogens with one attached hydrogen (secondary N) is 1. The van der Waals surface area contributed by atoms with Crippen LogP contribution in [0.2, 0.25) is 0 Å². The molecule has 1 N–H and O–H groups in total. The molecule has 5 heteroatoms. The zero-order valence-corrected chi connectivity index (χ0v) is 16.3. The van der Waals surface area contributed by atoms with Gasteiger partial charge in [0.2, 0.25) is 5.91 Å². The molecule has 2 aromatic carbocycles. The Morgan fingerprint density at radius 2 is 1.79 bits per heavy atom. The maximum atomic E-state index is 11.8. The third-order valence-electron chi connectivity index (χ3n) is 5.70. The second-order valence-electron chi connectivity index (χ2n) is 7.50. The third-order valence-corrected chi connectivity index (χ3v) is 5.70. The fourth-order valence-corrected chi connectivity index (χ4v) is 4.14. The molecule has 0 aromatic heterocycles. The fourth-order valence-electron chi connectivity index (χ4n) is 4.14. The van der Waals surface area contributed by atoms with Crippen LogP contribution in [0.25, 0.3) is 0 Å². The summed E-state index contributed by atoms with van der Waals surface area (Å²) in [6, 6.07) is 15.9. The van der Waals surface area contributed by atoms with Gasteiger partial charge in [0.15, 0.2) is 11.5 Å². The number of hydrogen-bond donors (Lipinski definition) is 1. The van der Waals surface area contributed by atoms with Gasteiger partial charge in [-0.05, 0) is 48.9 Å². The van der Waals surface area contributed by atoms with Crippen LogP contribution in [0, 0.1) is 0 Å². The normalized spacial score (nSPS) is 23.1. The highest BCUT2D eigenvalue weighted by Crippen LogP contribution is 2.40. The Labute approximate surface area is 166 Å². The van der Waals surface area contributed by atoms with Crippen LogP contribution in [-0.4, -0.2) is 32.3 Å². The smallest absolute Gasteiger partial charge is 0.246 e. The van der Waals surface area contributed by atoms with E-state index in [0.29, 0.717) is 6.54 Å². The molecular weight excluding hydrogens is 354 g/mol. The molecule has 0 bridgehead atoms. The van der Waals surface area contributed by atoms with E-state index < -0.39 is 5.60 Å². The predicted molar refractivity (Wildman–Crippen MR) is 107 cm³/mol. The van der Waals surface area contributed by atoms with Gasteiger partial charge in [0.1, 0.15) is 12.2 Å². The summed E-state index contributed by atoms with van der Waals surface area (Å²) in [4.78, 5) is 11.8. The number of rotatable bonds is 5. The predicted octanol–water partition coefficient (Wildman–Crippen LogP) is 3.80. The van der Waals surface area contributed by atoms with Gasteiger partial charge in [-0.15, -0.1) is 0 Å². The van der Waals surface area contributed by atoms with Crippen molar-refractivity contribution in [1.82, 2.24) is 5.32 Å². The first-order valence-electron chi connectivity index (χ1n) is 10.0. The van der Waals surface area contributed by atoms with Crippen LogP contribution < -0.4 is 14.8 Å². The van der Waals surface area contributed by atoms with Crippen molar-refractivity contribution in [3.8, 4) is 11.5 Å². The Kier molecular flexibility index (Phi) is 5.53. The number of hydrogen-bond acceptors (Lipinski definition) is 4. The maximum absolute atomic E-state index is 11.8. The molecule has 1 atom stereocenters. The van der Waals surface area contributed by atoms with Crippen molar-refractivity contribution in [3.05, 3.63) is 59.7 Å². The van der Waals surface area contributed by atoms with Crippen LogP contribution >= 0.6 is 0 Å². The molecule has 1 aliphatic carbocycles. The number of carbonyl (C=O) groups is 1. The van der Waals surface area contributed by atoms with Crippen molar-refractivity contribution in [2.45, 2.75) is 43.8 Å². The van der Waals surface area contributed by atoms with Crippen LogP contribution in [0.4, 0.5) is 0 Å². The minimum Gasteiger partial charge on any atom is -0.493 e. The van der Waals surface area contributed by atoms with Crippen LogP contribution in [0.15, 0.2) is 48.5 Å². The van der Waals surface area contributed by atoms with Crippen LogP contribution in [0.1, 0.15) is 43.2 Å². The number of carbonyl (C=O) groups excluding carboxylic acids is 1. The quantitative estimate of drug-likeness (QED) is 0.856. The van der Waals surface area contributed by atoms with Gasteiger partial charge >= 0.3 is 0 Å². The monoisotopic (exact) mass is 381 g/mol. The van der Waals surface area contributed by atoms with Gasteiger partial charge in [-0.2, -0.15) is 0 Å². The summed E-state index contributed by atoms with van der Waals surface area (Å²) in [6.45, 7) is 0.408. The summed E-state index contributed by atoms with van der Waals surface area (Å²) in [5, 5.41) is 2.96. The molecule has 0 spiro atoms. The summed E-state index contributed by atoms with van der Waals surface area (Å²) in [5.74, 6) is 1.36. The van der Waals surface area contributed by atoms with E-state index in [2.05, 4.69) is 5.32 Å². The zero-order valence-electron chi connectivity index (χ0n) is 16.3. The van der Waals surface area contributed by atoms with Crippen LogP contribution in [0.3, 0.4) is 0 Å². The van der Waals surface area contributed by atoms with Crippen LogP contribution in [-0.2, 0) is 15.1 Å². The molecule has 2 aromatic rings. The molecule has 1 saturated heterocycles. The summed E-state index contributed by atoms with van der Waals surface area (Å²) in [5.41, 5.74) is 1.21. The molecule has 4 rings (SSSR count). The van der Waals surface area contributed by atoms with E-state index in [9.17, 15) is 4.79 Å². The van der Waals surface area contributed by atoms with E-state index >= 15 is 0 Å². The molecule has 1 unspecified atom stereocenters. The largest absolute Gasteiger partial charge is 0.493 e. The topological polar surface area (TPSA) is 56.8 Å². The lowest BCUT2D eigenvalue weighted by atomic mass is 9.85. The second kappa shape index (κ2) is 8.23. The van der Waals surface area contributed by atoms with Crippen molar-refractivity contribution in [3.63, 3.8) is 0 Å².